The predicted molar refractivity (Wildman–Crippen MR) is 106 cm³/mol. The summed E-state index contributed by atoms with van der Waals surface area (Å²) in [4.78, 5) is 16.9. The van der Waals surface area contributed by atoms with Crippen LogP contribution in [0.3, 0.4) is 0 Å². The van der Waals surface area contributed by atoms with E-state index in [-0.39, 0.29) is 16.8 Å². The fraction of sp³-hybridized carbons (Fsp3) is 0.650. The largest absolute Gasteiger partial charge is 0.341 e. The van der Waals surface area contributed by atoms with Gasteiger partial charge in [-0.2, -0.15) is 4.31 Å². The van der Waals surface area contributed by atoms with Crippen LogP contribution < -0.4 is 0 Å². The molecule has 0 unspecified atom stereocenters. The lowest BCUT2D eigenvalue weighted by Crippen LogP contribution is -2.56. The maximum atomic E-state index is 13.4. The second-order valence-electron chi connectivity index (χ2n) is 8.26. The van der Waals surface area contributed by atoms with E-state index >= 15 is 0 Å². The van der Waals surface area contributed by atoms with Crippen LogP contribution >= 0.6 is 0 Å². The lowest BCUT2D eigenvalue weighted by Gasteiger charge is -2.41. The number of piperidine rings is 1. The summed E-state index contributed by atoms with van der Waals surface area (Å²) in [6, 6.07) is 4.82. The Balaban J connectivity index is 1.61. The second-order valence-corrected chi connectivity index (χ2v) is 10.2. The molecule has 2 aliphatic rings. The fourth-order valence-electron chi connectivity index (χ4n) is 4.37. The smallest absolute Gasteiger partial charge is 0.243 e. The Morgan fingerprint density at radius 3 is 2.29 bits per heavy atom. The maximum Gasteiger partial charge on any atom is 0.243 e. The van der Waals surface area contributed by atoms with Crippen molar-refractivity contribution >= 4 is 15.9 Å². The minimum absolute atomic E-state index is 0.0265. The van der Waals surface area contributed by atoms with Gasteiger partial charge < -0.3 is 4.90 Å². The lowest BCUT2D eigenvalue weighted by atomic mass is 9.91. The van der Waals surface area contributed by atoms with Crippen LogP contribution in [-0.4, -0.2) is 73.7 Å². The zero-order valence-electron chi connectivity index (χ0n) is 16.8. The summed E-state index contributed by atoms with van der Waals surface area (Å²) < 4.78 is 40.3. The highest BCUT2D eigenvalue weighted by molar-refractivity contribution is 7.89. The molecule has 0 aliphatic carbocycles. The summed E-state index contributed by atoms with van der Waals surface area (Å²) in [7, 11) is -3.72. The van der Waals surface area contributed by atoms with Gasteiger partial charge in [-0.15, -0.1) is 0 Å². The van der Waals surface area contributed by atoms with E-state index in [1.54, 1.807) is 0 Å². The van der Waals surface area contributed by atoms with Gasteiger partial charge >= 0.3 is 0 Å². The van der Waals surface area contributed by atoms with Crippen LogP contribution in [0.15, 0.2) is 29.2 Å². The topological polar surface area (TPSA) is 60.9 Å². The number of benzene rings is 1. The summed E-state index contributed by atoms with van der Waals surface area (Å²) >= 11 is 0. The molecule has 3 rings (SSSR count). The average molecular weight is 412 g/mol. The van der Waals surface area contributed by atoms with Gasteiger partial charge in [-0.05, 0) is 43.4 Å². The molecular formula is C20H30FN3O3S. The van der Waals surface area contributed by atoms with Crippen molar-refractivity contribution in [3.8, 4) is 0 Å². The molecule has 156 valence electrons. The molecule has 2 fully saturated rings. The van der Waals surface area contributed by atoms with Crippen LogP contribution in [0.4, 0.5) is 4.39 Å². The lowest BCUT2D eigenvalue weighted by molar-refractivity contribution is -0.139. The molecule has 2 aliphatic heterocycles. The third-order valence-electron chi connectivity index (χ3n) is 5.79. The Kier molecular flexibility index (Phi) is 6.41. The Bertz CT molecular complexity index is 799. The number of hydrogen-bond donors (Lipinski definition) is 0. The van der Waals surface area contributed by atoms with Crippen LogP contribution in [0.5, 0.6) is 0 Å². The van der Waals surface area contributed by atoms with Gasteiger partial charge in [0.1, 0.15) is 5.82 Å². The van der Waals surface area contributed by atoms with Crippen molar-refractivity contribution in [2.24, 2.45) is 11.8 Å². The minimum Gasteiger partial charge on any atom is -0.341 e. The number of piperazine rings is 1. The van der Waals surface area contributed by atoms with Crippen LogP contribution in [0.2, 0.25) is 0 Å². The first kappa shape index (κ1) is 21.2. The molecule has 1 amide bonds. The molecule has 1 aromatic carbocycles. The number of likely N-dealkylation sites (tertiary alicyclic amines) is 1. The highest BCUT2D eigenvalue weighted by Gasteiger charge is 2.35. The van der Waals surface area contributed by atoms with Crippen molar-refractivity contribution in [3.63, 3.8) is 0 Å². The first-order valence-electron chi connectivity index (χ1n) is 9.97. The van der Waals surface area contributed by atoms with Gasteiger partial charge in [0, 0.05) is 39.3 Å². The monoisotopic (exact) mass is 411 g/mol. The van der Waals surface area contributed by atoms with Crippen molar-refractivity contribution in [2.45, 2.75) is 38.1 Å². The molecule has 6 nitrogen and oxygen atoms in total. The van der Waals surface area contributed by atoms with Crippen molar-refractivity contribution < 1.29 is 17.6 Å². The summed E-state index contributed by atoms with van der Waals surface area (Å²) in [6.45, 7) is 9.41. The van der Waals surface area contributed by atoms with Crippen LogP contribution in [-0.2, 0) is 14.8 Å². The standard InChI is InChI=1S/C20H30FN3O3S/c1-15-11-16(2)14-23(13-15)20(25)17(3)22-7-9-24(10-8-22)28(26,27)19-6-4-5-18(21)12-19/h4-6,12,15-17H,7-11,13-14H2,1-3H3/t15-,16-,17-/m1/s1. The van der Waals surface area contributed by atoms with Gasteiger partial charge in [-0.3, -0.25) is 9.69 Å². The summed E-state index contributed by atoms with van der Waals surface area (Å²) in [5.41, 5.74) is 0. The van der Waals surface area contributed by atoms with Crippen LogP contribution in [0, 0.1) is 17.7 Å². The van der Waals surface area contributed by atoms with Crippen molar-refractivity contribution in [3.05, 3.63) is 30.1 Å². The molecule has 1 aromatic rings. The van der Waals surface area contributed by atoms with Gasteiger partial charge in [0.2, 0.25) is 15.9 Å². The molecule has 0 radical (unpaired) electrons. The highest BCUT2D eigenvalue weighted by atomic mass is 32.2. The van der Waals surface area contributed by atoms with Gasteiger partial charge in [-0.25, -0.2) is 12.8 Å². The molecule has 2 saturated heterocycles. The number of amides is 1. The Morgan fingerprint density at radius 1 is 1.11 bits per heavy atom. The van der Waals surface area contributed by atoms with Gasteiger partial charge in [0.15, 0.2) is 0 Å². The molecule has 28 heavy (non-hydrogen) atoms. The number of sulfonamides is 1. The van der Waals surface area contributed by atoms with Gasteiger partial charge in [0.05, 0.1) is 10.9 Å². The number of carbonyl (C=O) groups excluding carboxylic acids is 1. The van der Waals surface area contributed by atoms with E-state index in [1.807, 2.05) is 16.7 Å². The first-order chi connectivity index (χ1) is 13.2. The molecule has 0 saturated carbocycles. The van der Waals surface area contributed by atoms with Gasteiger partial charge in [-0.1, -0.05) is 19.9 Å². The van der Waals surface area contributed by atoms with Crippen LogP contribution in [0.1, 0.15) is 27.2 Å². The number of hydrogen-bond acceptors (Lipinski definition) is 4. The highest BCUT2D eigenvalue weighted by Crippen LogP contribution is 2.23. The van der Waals surface area contributed by atoms with E-state index in [2.05, 4.69) is 13.8 Å². The fourth-order valence-corrected chi connectivity index (χ4v) is 5.83. The molecular weight excluding hydrogens is 381 g/mol. The van der Waals surface area contributed by atoms with Crippen molar-refractivity contribution in [1.82, 2.24) is 14.1 Å². The first-order valence-corrected chi connectivity index (χ1v) is 11.4. The minimum atomic E-state index is -3.72. The third kappa shape index (κ3) is 4.55. The second kappa shape index (κ2) is 8.47. The molecule has 8 heteroatoms. The van der Waals surface area contributed by atoms with E-state index < -0.39 is 15.8 Å². The van der Waals surface area contributed by atoms with E-state index in [4.69, 9.17) is 0 Å². The van der Waals surface area contributed by atoms with E-state index in [0.717, 1.165) is 25.6 Å². The molecule has 0 spiro atoms. The van der Waals surface area contributed by atoms with Gasteiger partial charge in [0.25, 0.3) is 0 Å². The van der Waals surface area contributed by atoms with E-state index in [0.29, 0.717) is 38.0 Å². The number of rotatable bonds is 4. The maximum absolute atomic E-state index is 13.4. The molecule has 0 aromatic heterocycles. The molecule has 0 N–H and O–H groups in total. The normalized spacial score (nSPS) is 26.2. The third-order valence-corrected chi connectivity index (χ3v) is 7.69. The SMILES string of the molecule is C[C@@H]1C[C@@H](C)CN(C(=O)[C@@H](C)N2CCN(S(=O)(=O)c3cccc(F)c3)CC2)C1. The van der Waals surface area contributed by atoms with E-state index in [1.165, 1.54) is 22.5 Å². The zero-order valence-corrected chi connectivity index (χ0v) is 17.7. The summed E-state index contributed by atoms with van der Waals surface area (Å²) in [6.07, 6.45) is 1.15. The zero-order chi connectivity index (χ0) is 20.5. The van der Waals surface area contributed by atoms with Crippen LogP contribution in [0.25, 0.3) is 0 Å². The molecule has 3 atom stereocenters. The molecule has 0 bridgehead atoms. The summed E-state index contributed by atoms with van der Waals surface area (Å²) in [5.74, 6) is 0.574. The Morgan fingerprint density at radius 2 is 1.71 bits per heavy atom. The summed E-state index contributed by atoms with van der Waals surface area (Å²) in [5, 5.41) is 0. The number of carbonyl (C=O) groups is 1. The van der Waals surface area contributed by atoms with E-state index in [9.17, 15) is 17.6 Å². The average Bonchev–Trinajstić information content (AvgIpc) is 2.66. The van der Waals surface area contributed by atoms with Crippen molar-refractivity contribution in [1.29, 1.82) is 0 Å². The Hall–Kier alpha value is -1.51. The Labute approximate surface area is 167 Å². The quantitative estimate of drug-likeness (QED) is 0.761. The number of nitrogens with zero attached hydrogens (tertiary/aromatic N) is 3. The number of halogens is 1. The van der Waals surface area contributed by atoms with Crippen molar-refractivity contribution in [2.75, 3.05) is 39.3 Å². The predicted octanol–water partition coefficient (Wildman–Crippen LogP) is 2.02. The molecule has 2 heterocycles.